The highest BCUT2D eigenvalue weighted by Crippen LogP contribution is 2.40. The van der Waals surface area contributed by atoms with Gasteiger partial charge in [0.1, 0.15) is 0 Å². The van der Waals surface area contributed by atoms with Crippen LogP contribution in [0.5, 0.6) is 0 Å². The van der Waals surface area contributed by atoms with E-state index in [-0.39, 0.29) is 12.7 Å². The molecule has 0 fully saturated rings. The lowest BCUT2D eigenvalue weighted by atomic mass is 10.1. The zero-order valence-corrected chi connectivity index (χ0v) is 8.23. The molecule has 14 heavy (non-hydrogen) atoms. The van der Waals surface area contributed by atoms with Crippen molar-refractivity contribution >= 4 is 5.57 Å². The van der Waals surface area contributed by atoms with Gasteiger partial charge in [0.15, 0.2) is 0 Å². The summed E-state index contributed by atoms with van der Waals surface area (Å²) in [7, 11) is 1.73. The monoisotopic (exact) mass is 190 g/mol. The van der Waals surface area contributed by atoms with Crippen LogP contribution in [0, 0.1) is 0 Å². The van der Waals surface area contributed by atoms with Gasteiger partial charge in [0.2, 0.25) is 0 Å². The summed E-state index contributed by atoms with van der Waals surface area (Å²) in [5.74, 6) is 0. The minimum absolute atomic E-state index is 0.0973. The van der Waals surface area contributed by atoms with Crippen molar-refractivity contribution in [1.29, 1.82) is 0 Å². The van der Waals surface area contributed by atoms with Crippen LogP contribution in [0.2, 0.25) is 0 Å². The summed E-state index contributed by atoms with van der Waals surface area (Å²) in [5.41, 5.74) is 3.64. The maximum atomic E-state index is 8.89. The van der Waals surface area contributed by atoms with Gasteiger partial charge >= 0.3 is 0 Å². The molecular weight excluding hydrogens is 176 g/mol. The second-order valence-electron chi connectivity index (χ2n) is 3.43. The van der Waals surface area contributed by atoms with Gasteiger partial charge in [-0.2, -0.15) is 0 Å². The number of hydrogen-bond donors (Lipinski definition) is 1. The minimum Gasteiger partial charge on any atom is -0.392 e. The largest absolute Gasteiger partial charge is 0.392 e. The first-order valence-electron chi connectivity index (χ1n) is 4.78. The molecule has 2 nitrogen and oxygen atoms in total. The smallest absolute Gasteiger partial charge is 0.0867 e. The van der Waals surface area contributed by atoms with E-state index in [4.69, 9.17) is 9.84 Å². The maximum absolute atomic E-state index is 8.89. The molecule has 2 rings (SSSR count). The number of aliphatic hydroxyl groups is 1. The van der Waals surface area contributed by atoms with Gasteiger partial charge in [-0.3, -0.25) is 0 Å². The standard InChI is InChI=1S/C12H14O2/c1-14-12-8-9(6-7-13)10-4-2-3-5-11(10)12/h2-6,12-13H,7-8H2,1H3/b9-6+. The van der Waals surface area contributed by atoms with Crippen LogP contribution in [0.1, 0.15) is 23.7 Å². The van der Waals surface area contributed by atoms with Crippen molar-refractivity contribution in [3.63, 3.8) is 0 Å². The van der Waals surface area contributed by atoms with Gasteiger partial charge in [0.25, 0.3) is 0 Å². The molecule has 0 aromatic heterocycles. The number of hydrogen-bond acceptors (Lipinski definition) is 2. The number of benzene rings is 1. The second kappa shape index (κ2) is 3.95. The van der Waals surface area contributed by atoms with Crippen LogP contribution < -0.4 is 0 Å². The molecule has 2 heteroatoms. The van der Waals surface area contributed by atoms with Crippen LogP contribution in [-0.2, 0) is 4.74 Å². The van der Waals surface area contributed by atoms with Crippen LogP contribution in [0.4, 0.5) is 0 Å². The summed E-state index contributed by atoms with van der Waals surface area (Å²) < 4.78 is 5.39. The lowest BCUT2D eigenvalue weighted by Gasteiger charge is -2.07. The van der Waals surface area contributed by atoms with Gasteiger partial charge in [0, 0.05) is 13.5 Å². The third kappa shape index (κ3) is 1.47. The van der Waals surface area contributed by atoms with Crippen LogP contribution in [0.25, 0.3) is 5.57 Å². The lowest BCUT2D eigenvalue weighted by molar-refractivity contribution is 0.112. The molecule has 1 unspecified atom stereocenters. The molecule has 1 aliphatic carbocycles. The van der Waals surface area contributed by atoms with E-state index >= 15 is 0 Å². The molecule has 0 bridgehead atoms. The molecule has 1 N–H and O–H groups in total. The van der Waals surface area contributed by atoms with Crippen LogP contribution >= 0.6 is 0 Å². The summed E-state index contributed by atoms with van der Waals surface area (Å²) in [5, 5.41) is 8.89. The van der Waals surface area contributed by atoms with E-state index in [1.807, 2.05) is 18.2 Å². The van der Waals surface area contributed by atoms with Crippen molar-refractivity contribution in [1.82, 2.24) is 0 Å². The Bertz CT molecular complexity index is 355. The van der Waals surface area contributed by atoms with E-state index in [2.05, 4.69) is 12.1 Å². The Balaban J connectivity index is 2.43. The van der Waals surface area contributed by atoms with E-state index in [0.29, 0.717) is 0 Å². The Hall–Kier alpha value is -1.12. The number of fused-ring (bicyclic) bond motifs is 1. The van der Waals surface area contributed by atoms with Gasteiger partial charge < -0.3 is 9.84 Å². The van der Waals surface area contributed by atoms with Gasteiger partial charge in [-0.1, -0.05) is 30.3 Å². The first-order valence-corrected chi connectivity index (χ1v) is 4.78. The van der Waals surface area contributed by atoms with Crippen LogP contribution in [0.15, 0.2) is 30.3 Å². The number of rotatable bonds is 2. The molecule has 0 spiro atoms. The first kappa shape index (κ1) is 9.44. The number of aliphatic hydroxyl groups excluding tert-OH is 1. The molecular formula is C12H14O2. The Kier molecular flexibility index (Phi) is 2.66. The SMILES string of the molecule is COC1C/C(=C\CO)c2ccccc21. The molecule has 0 aliphatic heterocycles. The summed E-state index contributed by atoms with van der Waals surface area (Å²) in [6.07, 6.45) is 2.89. The molecule has 0 radical (unpaired) electrons. The van der Waals surface area contributed by atoms with Crippen molar-refractivity contribution in [3.8, 4) is 0 Å². The Morgan fingerprint density at radius 2 is 2.29 bits per heavy atom. The normalized spacial score (nSPS) is 22.7. The molecule has 0 saturated carbocycles. The molecule has 1 aliphatic rings. The highest BCUT2D eigenvalue weighted by molar-refractivity contribution is 5.73. The highest BCUT2D eigenvalue weighted by Gasteiger charge is 2.25. The fourth-order valence-electron chi connectivity index (χ4n) is 2.00. The highest BCUT2D eigenvalue weighted by atomic mass is 16.5. The van der Waals surface area contributed by atoms with E-state index in [9.17, 15) is 0 Å². The van der Waals surface area contributed by atoms with E-state index < -0.39 is 0 Å². The molecule has 1 atom stereocenters. The van der Waals surface area contributed by atoms with Gasteiger partial charge in [-0.15, -0.1) is 0 Å². The average Bonchev–Trinajstić information content (AvgIpc) is 2.58. The minimum atomic E-state index is 0.0973. The molecule has 1 aromatic rings. The van der Waals surface area contributed by atoms with E-state index in [1.54, 1.807) is 7.11 Å². The van der Waals surface area contributed by atoms with Gasteiger partial charge in [0.05, 0.1) is 12.7 Å². The van der Waals surface area contributed by atoms with Crippen molar-refractivity contribution in [2.24, 2.45) is 0 Å². The third-order valence-electron chi connectivity index (χ3n) is 2.68. The predicted octanol–water partition coefficient (Wildman–Crippen LogP) is 2.15. The Morgan fingerprint density at radius 3 is 3.00 bits per heavy atom. The van der Waals surface area contributed by atoms with Gasteiger partial charge in [-0.05, 0) is 16.7 Å². The molecule has 0 amide bonds. The van der Waals surface area contributed by atoms with Crippen molar-refractivity contribution in [2.45, 2.75) is 12.5 Å². The fourth-order valence-corrected chi connectivity index (χ4v) is 2.00. The van der Waals surface area contributed by atoms with Crippen molar-refractivity contribution in [2.75, 3.05) is 13.7 Å². The zero-order valence-electron chi connectivity index (χ0n) is 8.23. The molecule has 1 aromatic carbocycles. The number of ether oxygens (including phenoxy) is 1. The van der Waals surface area contributed by atoms with Crippen LogP contribution in [0.3, 0.4) is 0 Å². The summed E-state index contributed by atoms with van der Waals surface area (Å²) in [6, 6.07) is 8.20. The first-order chi connectivity index (χ1) is 6.86. The summed E-state index contributed by atoms with van der Waals surface area (Å²) >= 11 is 0. The predicted molar refractivity (Wildman–Crippen MR) is 55.9 cm³/mol. The van der Waals surface area contributed by atoms with E-state index in [0.717, 1.165) is 6.42 Å². The van der Waals surface area contributed by atoms with Crippen molar-refractivity contribution < 1.29 is 9.84 Å². The molecule has 74 valence electrons. The molecule has 0 saturated heterocycles. The summed E-state index contributed by atoms with van der Waals surface area (Å²) in [4.78, 5) is 0. The lowest BCUT2D eigenvalue weighted by Crippen LogP contribution is -1.94. The van der Waals surface area contributed by atoms with Crippen LogP contribution in [-0.4, -0.2) is 18.8 Å². The molecule has 0 heterocycles. The van der Waals surface area contributed by atoms with Gasteiger partial charge in [-0.25, -0.2) is 0 Å². The van der Waals surface area contributed by atoms with Crippen molar-refractivity contribution in [3.05, 3.63) is 41.5 Å². The average molecular weight is 190 g/mol. The quantitative estimate of drug-likeness (QED) is 0.774. The van der Waals surface area contributed by atoms with E-state index in [1.165, 1.54) is 16.7 Å². The Labute approximate surface area is 83.8 Å². The summed E-state index contributed by atoms with van der Waals surface area (Å²) in [6.45, 7) is 0.0973. The Morgan fingerprint density at radius 1 is 1.50 bits per heavy atom. The maximum Gasteiger partial charge on any atom is 0.0867 e. The zero-order chi connectivity index (χ0) is 9.97. The number of methoxy groups -OCH3 is 1. The fraction of sp³-hybridized carbons (Fsp3) is 0.333. The second-order valence-corrected chi connectivity index (χ2v) is 3.43. The third-order valence-corrected chi connectivity index (χ3v) is 2.68. The topological polar surface area (TPSA) is 29.5 Å².